The highest BCUT2D eigenvalue weighted by Gasteiger charge is 2.33. The highest BCUT2D eigenvalue weighted by Crippen LogP contribution is 2.27. The van der Waals surface area contributed by atoms with Crippen molar-refractivity contribution in [1.82, 2.24) is 4.31 Å². The molecule has 1 fully saturated rings. The van der Waals surface area contributed by atoms with Crippen molar-refractivity contribution in [2.45, 2.75) is 31.3 Å². The Bertz CT molecular complexity index is 595. The van der Waals surface area contributed by atoms with Crippen molar-refractivity contribution in [2.75, 3.05) is 18.8 Å². The number of rotatable bonds is 2. The minimum atomic E-state index is -3.83. The highest BCUT2D eigenvalue weighted by atomic mass is 32.2. The number of β-amino-alcohol motifs (C(OH)–C–C–N with tert-alkyl or cyclic N) is 1. The molecule has 2 rings (SSSR count). The van der Waals surface area contributed by atoms with Gasteiger partial charge in [0, 0.05) is 24.3 Å². The standard InChI is InChI=1S/C13H19FN2O3S/c1-8-3-4-16(7-13(8)17)20(18,19)10-5-11(14)9(2)12(15)6-10/h5-6,8,13,17H,3-4,7,15H2,1-2H3. The third-order valence-corrected chi connectivity index (χ3v) is 5.72. The summed E-state index contributed by atoms with van der Waals surface area (Å²) < 4.78 is 39.7. The zero-order valence-electron chi connectivity index (χ0n) is 11.5. The first-order chi connectivity index (χ1) is 9.23. The second kappa shape index (κ2) is 5.31. The first-order valence-corrected chi connectivity index (χ1v) is 7.91. The van der Waals surface area contributed by atoms with Gasteiger partial charge in [-0.2, -0.15) is 4.31 Å². The predicted octanol–water partition coefficient (Wildman–Crippen LogP) is 1.11. The molecule has 2 unspecified atom stereocenters. The molecule has 2 atom stereocenters. The van der Waals surface area contributed by atoms with Crippen LogP contribution in [-0.2, 0) is 10.0 Å². The molecule has 1 aromatic carbocycles. The number of nitrogen functional groups attached to an aromatic ring is 1. The lowest BCUT2D eigenvalue weighted by molar-refractivity contribution is 0.0605. The van der Waals surface area contributed by atoms with Gasteiger partial charge in [0.1, 0.15) is 5.82 Å². The molecule has 0 amide bonds. The van der Waals surface area contributed by atoms with Crippen LogP contribution in [0.5, 0.6) is 0 Å². The number of hydrogen-bond acceptors (Lipinski definition) is 4. The van der Waals surface area contributed by atoms with Crippen LogP contribution in [0.25, 0.3) is 0 Å². The number of sulfonamides is 1. The summed E-state index contributed by atoms with van der Waals surface area (Å²) in [7, 11) is -3.83. The van der Waals surface area contributed by atoms with E-state index in [-0.39, 0.29) is 28.6 Å². The number of halogens is 1. The fourth-order valence-electron chi connectivity index (χ4n) is 2.21. The summed E-state index contributed by atoms with van der Waals surface area (Å²) in [6.45, 7) is 3.71. The van der Waals surface area contributed by atoms with Crippen LogP contribution < -0.4 is 5.73 Å². The first-order valence-electron chi connectivity index (χ1n) is 6.47. The molecule has 1 saturated heterocycles. The molecular formula is C13H19FN2O3S. The lowest BCUT2D eigenvalue weighted by Gasteiger charge is -2.33. The highest BCUT2D eigenvalue weighted by molar-refractivity contribution is 7.89. The van der Waals surface area contributed by atoms with E-state index in [4.69, 9.17) is 5.73 Å². The van der Waals surface area contributed by atoms with Gasteiger partial charge in [-0.05, 0) is 31.4 Å². The predicted molar refractivity (Wildman–Crippen MR) is 74.1 cm³/mol. The SMILES string of the molecule is Cc1c(N)cc(S(=O)(=O)N2CCC(C)C(O)C2)cc1F. The molecule has 1 aromatic rings. The molecule has 0 radical (unpaired) electrons. The molecule has 20 heavy (non-hydrogen) atoms. The molecule has 1 aliphatic heterocycles. The molecule has 0 aliphatic carbocycles. The van der Waals surface area contributed by atoms with Crippen LogP contribution in [0.1, 0.15) is 18.9 Å². The van der Waals surface area contributed by atoms with Crippen molar-refractivity contribution in [2.24, 2.45) is 5.92 Å². The molecule has 7 heteroatoms. The normalized spacial score (nSPS) is 24.8. The number of piperidine rings is 1. The maximum absolute atomic E-state index is 13.7. The molecule has 3 N–H and O–H groups in total. The lowest BCUT2D eigenvalue weighted by atomic mass is 9.98. The average molecular weight is 302 g/mol. The van der Waals surface area contributed by atoms with Crippen LogP contribution in [0.3, 0.4) is 0 Å². The van der Waals surface area contributed by atoms with Crippen molar-refractivity contribution in [3.05, 3.63) is 23.5 Å². The zero-order valence-corrected chi connectivity index (χ0v) is 12.3. The lowest BCUT2D eigenvalue weighted by Crippen LogP contribution is -2.45. The smallest absolute Gasteiger partial charge is 0.243 e. The number of hydrogen-bond donors (Lipinski definition) is 2. The molecular weight excluding hydrogens is 283 g/mol. The number of nitrogens with two attached hydrogens (primary N) is 1. The third kappa shape index (κ3) is 2.65. The molecule has 0 spiro atoms. The third-order valence-electron chi connectivity index (χ3n) is 3.88. The Hall–Kier alpha value is -1.18. The van der Waals surface area contributed by atoms with E-state index < -0.39 is 21.9 Å². The molecule has 0 aromatic heterocycles. The van der Waals surface area contributed by atoms with Crippen LogP contribution in [0, 0.1) is 18.7 Å². The van der Waals surface area contributed by atoms with Gasteiger partial charge >= 0.3 is 0 Å². The van der Waals surface area contributed by atoms with Gasteiger partial charge in [-0.1, -0.05) is 6.92 Å². The largest absolute Gasteiger partial charge is 0.398 e. The van der Waals surface area contributed by atoms with E-state index in [0.717, 1.165) is 6.07 Å². The zero-order chi connectivity index (χ0) is 15.1. The number of aliphatic hydroxyl groups excluding tert-OH is 1. The van der Waals surface area contributed by atoms with Crippen LogP contribution in [0.2, 0.25) is 0 Å². The number of aliphatic hydroxyl groups is 1. The summed E-state index contributed by atoms with van der Waals surface area (Å²) in [6.07, 6.45) is -0.129. The van der Waals surface area contributed by atoms with E-state index in [9.17, 15) is 17.9 Å². The fourth-order valence-corrected chi connectivity index (χ4v) is 3.73. The number of anilines is 1. The van der Waals surface area contributed by atoms with E-state index in [0.29, 0.717) is 13.0 Å². The second-order valence-corrected chi connectivity index (χ2v) is 7.25. The van der Waals surface area contributed by atoms with E-state index in [2.05, 4.69) is 0 Å². The van der Waals surface area contributed by atoms with Gasteiger partial charge in [-0.25, -0.2) is 12.8 Å². The van der Waals surface area contributed by atoms with Crippen molar-refractivity contribution in [3.63, 3.8) is 0 Å². The van der Waals surface area contributed by atoms with Gasteiger partial charge in [0.05, 0.1) is 11.0 Å². The van der Waals surface area contributed by atoms with Crippen LogP contribution in [-0.4, -0.2) is 37.0 Å². The molecule has 5 nitrogen and oxygen atoms in total. The number of benzene rings is 1. The fraction of sp³-hybridized carbons (Fsp3) is 0.538. The monoisotopic (exact) mass is 302 g/mol. The first kappa shape index (κ1) is 15.2. The Morgan fingerprint density at radius 2 is 2.10 bits per heavy atom. The summed E-state index contributed by atoms with van der Waals surface area (Å²) in [6, 6.07) is 2.24. The van der Waals surface area contributed by atoms with Gasteiger partial charge in [-0.3, -0.25) is 0 Å². The molecule has 0 saturated carbocycles. The summed E-state index contributed by atoms with van der Waals surface area (Å²) in [5.74, 6) is -0.587. The summed E-state index contributed by atoms with van der Waals surface area (Å²) in [5, 5.41) is 9.81. The van der Waals surface area contributed by atoms with E-state index >= 15 is 0 Å². The molecule has 0 bridgehead atoms. The van der Waals surface area contributed by atoms with Gasteiger partial charge < -0.3 is 10.8 Å². The van der Waals surface area contributed by atoms with Crippen molar-refractivity contribution in [3.8, 4) is 0 Å². The van der Waals surface area contributed by atoms with Gasteiger partial charge in [0.25, 0.3) is 0 Å². The maximum Gasteiger partial charge on any atom is 0.243 e. The Balaban J connectivity index is 2.36. The Morgan fingerprint density at radius 1 is 1.45 bits per heavy atom. The quantitative estimate of drug-likeness (QED) is 0.802. The van der Waals surface area contributed by atoms with Crippen LogP contribution >= 0.6 is 0 Å². The topological polar surface area (TPSA) is 83.6 Å². The summed E-state index contributed by atoms with van der Waals surface area (Å²) in [5.41, 5.74) is 5.96. The second-order valence-electron chi connectivity index (χ2n) is 5.32. The number of nitrogens with zero attached hydrogens (tertiary/aromatic N) is 1. The van der Waals surface area contributed by atoms with Crippen molar-refractivity contribution >= 4 is 15.7 Å². The minimum Gasteiger partial charge on any atom is -0.398 e. The van der Waals surface area contributed by atoms with E-state index in [1.807, 2.05) is 6.92 Å². The molecule has 112 valence electrons. The minimum absolute atomic E-state index is 0.0267. The summed E-state index contributed by atoms with van der Waals surface area (Å²) >= 11 is 0. The van der Waals surface area contributed by atoms with Gasteiger partial charge in [0.15, 0.2) is 0 Å². The van der Waals surface area contributed by atoms with Crippen LogP contribution in [0.4, 0.5) is 10.1 Å². The van der Waals surface area contributed by atoms with Crippen molar-refractivity contribution in [1.29, 1.82) is 0 Å². The molecule has 1 heterocycles. The Morgan fingerprint density at radius 3 is 2.65 bits per heavy atom. The van der Waals surface area contributed by atoms with Crippen LogP contribution in [0.15, 0.2) is 17.0 Å². The Kier molecular flexibility index (Phi) is 4.04. The maximum atomic E-state index is 13.7. The van der Waals surface area contributed by atoms with E-state index in [1.54, 1.807) is 0 Å². The average Bonchev–Trinajstić information content (AvgIpc) is 2.38. The van der Waals surface area contributed by atoms with Gasteiger partial charge in [-0.15, -0.1) is 0 Å². The Labute approximate surface area is 118 Å². The summed E-state index contributed by atoms with van der Waals surface area (Å²) in [4.78, 5) is -0.167. The molecule has 1 aliphatic rings. The van der Waals surface area contributed by atoms with Crippen molar-refractivity contribution < 1.29 is 17.9 Å². The van der Waals surface area contributed by atoms with Gasteiger partial charge in [0.2, 0.25) is 10.0 Å². The van der Waals surface area contributed by atoms with E-state index in [1.165, 1.54) is 17.3 Å².